The molecule has 0 spiro atoms. The van der Waals surface area contributed by atoms with Crippen LogP contribution in [0.3, 0.4) is 0 Å². The van der Waals surface area contributed by atoms with Crippen molar-refractivity contribution >= 4 is 33.6 Å². The van der Waals surface area contributed by atoms with Gasteiger partial charge < -0.3 is 14.8 Å². The van der Waals surface area contributed by atoms with Gasteiger partial charge in [0.25, 0.3) is 0 Å². The first kappa shape index (κ1) is 16.1. The summed E-state index contributed by atoms with van der Waals surface area (Å²) in [4.78, 5) is 12.0. The van der Waals surface area contributed by atoms with Crippen LogP contribution in [0.4, 0.5) is 5.69 Å². The Morgan fingerprint density at radius 3 is 2.50 bits per heavy atom. The van der Waals surface area contributed by atoms with Crippen molar-refractivity contribution in [3.63, 3.8) is 0 Å². The van der Waals surface area contributed by atoms with Crippen LogP contribution in [0.15, 0.2) is 53.0 Å². The second-order valence-corrected chi connectivity index (χ2v) is 5.27. The molecule has 0 aliphatic heterocycles. The third-order valence-electron chi connectivity index (χ3n) is 2.97. The van der Waals surface area contributed by atoms with Crippen molar-refractivity contribution in [2.75, 3.05) is 19.5 Å². The monoisotopic (exact) mass is 361 g/mol. The van der Waals surface area contributed by atoms with Crippen LogP contribution in [0.5, 0.6) is 11.5 Å². The summed E-state index contributed by atoms with van der Waals surface area (Å²) < 4.78 is 11.2. The van der Waals surface area contributed by atoms with Crippen LogP contribution in [0.25, 0.3) is 6.08 Å². The van der Waals surface area contributed by atoms with Crippen molar-refractivity contribution < 1.29 is 14.3 Å². The van der Waals surface area contributed by atoms with Gasteiger partial charge in [-0.1, -0.05) is 18.2 Å². The van der Waals surface area contributed by atoms with Crippen molar-refractivity contribution in [2.24, 2.45) is 0 Å². The highest BCUT2D eigenvalue weighted by molar-refractivity contribution is 9.10. The summed E-state index contributed by atoms with van der Waals surface area (Å²) in [5, 5.41) is 2.78. The lowest BCUT2D eigenvalue weighted by Gasteiger charge is -2.08. The van der Waals surface area contributed by atoms with Crippen molar-refractivity contribution in [1.82, 2.24) is 0 Å². The molecule has 2 aromatic carbocycles. The number of para-hydroxylation sites is 2. The Balaban J connectivity index is 2.07. The smallest absolute Gasteiger partial charge is 0.248 e. The van der Waals surface area contributed by atoms with E-state index in [4.69, 9.17) is 9.47 Å². The molecule has 0 aromatic heterocycles. The number of ether oxygens (including phenoxy) is 2. The van der Waals surface area contributed by atoms with Gasteiger partial charge in [-0.3, -0.25) is 4.79 Å². The molecule has 114 valence electrons. The second-order valence-electron chi connectivity index (χ2n) is 4.42. The van der Waals surface area contributed by atoms with Gasteiger partial charge in [0, 0.05) is 6.08 Å². The van der Waals surface area contributed by atoms with Crippen LogP contribution in [0.1, 0.15) is 5.56 Å². The Labute approximate surface area is 137 Å². The van der Waals surface area contributed by atoms with E-state index in [-0.39, 0.29) is 5.91 Å². The normalized spacial score (nSPS) is 10.5. The first-order valence-electron chi connectivity index (χ1n) is 6.59. The maximum atomic E-state index is 12.0. The number of benzene rings is 2. The van der Waals surface area contributed by atoms with Crippen LogP contribution in [0, 0.1) is 0 Å². The average Bonchev–Trinajstić information content (AvgIpc) is 2.53. The number of anilines is 1. The lowest BCUT2D eigenvalue weighted by Crippen LogP contribution is -2.08. The predicted octanol–water partition coefficient (Wildman–Crippen LogP) is 4.12. The van der Waals surface area contributed by atoms with Gasteiger partial charge in [-0.15, -0.1) is 0 Å². The number of methoxy groups -OCH3 is 2. The van der Waals surface area contributed by atoms with Gasteiger partial charge in [0.1, 0.15) is 11.5 Å². The minimum absolute atomic E-state index is 0.226. The van der Waals surface area contributed by atoms with E-state index in [0.717, 1.165) is 15.8 Å². The molecule has 0 unspecified atom stereocenters. The SMILES string of the molecule is COc1ccc(C=CC(=O)Nc2ccccc2OC)cc1Br. The zero-order valence-electron chi connectivity index (χ0n) is 12.3. The van der Waals surface area contributed by atoms with E-state index in [1.165, 1.54) is 6.08 Å². The van der Waals surface area contributed by atoms with E-state index in [0.29, 0.717) is 11.4 Å². The summed E-state index contributed by atoms with van der Waals surface area (Å²) in [6, 6.07) is 12.8. The molecule has 0 aliphatic carbocycles. The largest absolute Gasteiger partial charge is 0.496 e. The number of halogens is 1. The summed E-state index contributed by atoms with van der Waals surface area (Å²) >= 11 is 3.41. The standard InChI is InChI=1S/C17H16BrNO3/c1-21-15-9-7-12(11-13(15)18)8-10-17(20)19-14-5-3-4-6-16(14)22-2/h3-11H,1-2H3,(H,19,20). The maximum absolute atomic E-state index is 12.0. The molecule has 0 fully saturated rings. The summed E-state index contributed by atoms with van der Waals surface area (Å²) in [7, 11) is 3.17. The molecule has 1 amide bonds. The third kappa shape index (κ3) is 4.11. The summed E-state index contributed by atoms with van der Waals surface area (Å²) in [5.41, 5.74) is 1.53. The fraction of sp³-hybridized carbons (Fsp3) is 0.118. The number of rotatable bonds is 5. The van der Waals surface area contributed by atoms with Crippen LogP contribution >= 0.6 is 15.9 Å². The molecule has 2 rings (SSSR count). The lowest BCUT2D eigenvalue weighted by molar-refractivity contribution is -0.111. The van der Waals surface area contributed by atoms with Crippen molar-refractivity contribution in [3.8, 4) is 11.5 Å². The average molecular weight is 362 g/mol. The molecule has 22 heavy (non-hydrogen) atoms. The van der Waals surface area contributed by atoms with Crippen molar-refractivity contribution in [3.05, 3.63) is 58.6 Å². The van der Waals surface area contributed by atoms with Crippen LogP contribution in [-0.4, -0.2) is 20.1 Å². The highest BCUT2D eigenvalue weighted by atomic mass is 79.9. The maximum Gasteiger partial charge on any atom is 0.248 e. The lowest BCUT2D eigenvalue weighted by atomic mass is 10.2. The van der Waals surface area contributed by atoms with Gasteiger partial charge in [-0.2, -0.15) is 0 Å². The van der Waals surface area contributed by atoms with E-state index in [9.17, 15) is 4.79 Å². The molecule has 0 radical (unpaired) electrons. The fourth-order valence-corrected chi connectivity index (χ4v) is 2.44. The van der Waals surface area contributed by atoms with E-state index in [1.807, 2.05) is 30.3 Å². The Morgan fingerprint density at radius 1 is 1.09 bits per heavy atom. The van der Waals surface area contributed by atoms with Crippen LogP contribution in [-0.2, 0) is 4.79 Å². The molecular weight excluding hydrogens is 346 g/mol. The molecule has 0 aliphatic rings. The molecule has 2 aromatic rings. The van der Waals surface area contributed by atoms with Crippen LogP contribution in [0.2, 0.25) is 0 Å². The van der Waals surface area contributed by atoms with E-state index in [1.54, 1.807) is 32.4 Å². The minimum Gasteiger partial charge on any atom is -0.496 e. The molecule has 0 bridgehead atoms. The van der Waals surface area contributed by atoms with Gasteiger partial charge in [0.05, 0.1) is 24.4 Å². The quantitative estimate of drug-likeness (QED) is 0.814. The van der Waals surface area contributed by atoms with Crippen LogP contribution < -0.4 is 14.8 Å². The molecule has 0 heterocycles. The Morgan fingerprint density at radius 2 is 1.82 bits per heavy atom. The van der Waals surface area contributed by atoms with E-state index < -0.39 is 0 Å². The second kappa shape index (κ2) is 7.66. The van der Waals surface area contributed by atoms with Gasteiger partial charge >= 0.3 is 0 Å². The van der Waals surface area contributed by atoms with Gasteiger partial charge in [-0.25, -0.2) is 0 Å². The first-order valence-corrected chi connectivity index (χ1v) is 7.39. The molecule has 5 heteroatoms. The number of hydrogen-bond acceptors (Lipinski definition) is 3. The van der Waals surface area contributed by atoms with Gasteiger partial charge in [0.15, 0.2) is 0 Å². The molecule has 0 saturated heterocycles. The summed E-state index contributed by atoms with van der Waals surface area (Å²) in [6.45, 7) is 0. The van der Waals surface area contributed by atoms with Crippen molar-refractivity contribution in [2.45, 2.75) is 0 Å². The number of carbonyl (C=O) groups is 1. The van der Waals surface area contributed by atoms with Gasteiger partial charge in [0.2, 0.25) is 5.91 Å². The first-order chi connectivity index (χ1) is 10.6. The molecule has 0 saturated carbocycles. The number of nitrogens with one attached hydrogen (secondary N) is 1. The third-order valence-corrected chi connectivity index (χ3v) is 3.59. The molecule has 0 atom stereocenters. The zero-order chi connectivity index (χ0) is 15.9. The summed E-state index contributed by atoms with van der Waals surface area (Å²) in [6.07, 6.45) is 3.20. The Bertz CT molecular complexity index is 698. The fourth-order valence-electron chi connectivity index (χ4n) is 1.88. The molecular formula is C17H16BrNO3. The topological polar surface area (TPSA) is 47.6 Å². The number of hydrogen-bond donors (Lipinski definition) is 1. The summed E-state index contributed by atoms with van der Waals surface area (Å²) in [5.74, 6) is 1.14. The van der Waals surface area contributed by atoms with Crippen molar-refractivity contribution in [1.29, 1.82) is 0 Å². The zero-order valence-corrected chi connectivity index (χ0v) is 13.9. The van der Waals surface area contributed by atoms with E-state index in [2.05, 4.69) is 21.2 Å². The van der Waals surface area contributed by atoms with E-state index >= 15 is 0 Å². The Hall–Kier alpha value is -2.27. The number of carbonyl (C=O) groups excluding carboxylic acids is 1. The minimum atomic E-state index is -0.226. The number of amides is 1. The highest BCUT2D eigenvalue weighted by Crippen LogP contribution is 2.26. The van der Waals surface area contributed by atoms with Gasteiger partial charge in [-0.05, 0) is 51.8 Å². The predicted molar refractivity (Wildman–Crippen MR) is 91.4 cm³/mol. The Kier molecular flexibility index (Phi) is 5.61. The highest BCUT2D eigenvalue weighted by Gasteiger charge is 2.04. The molecule has 4 nitrogen and oxygen atoms in total. The molecule has 1 N–H and O–H groups in total.